The van der Waals surface area contributed by atoms with Crippen LogP contribution < -0.4 is 11.1 Å². The Morgan fingerprint density at radius 2 is 1.92 bits per heavy atom. The summed E-state index contributed by atoms with van der Waals surface area (Å²) in [6, 6.07) is 13.8. The standard InChI is InChI=1S/C21H22N2O/c22-16-5-3-6-17(13-16)23-18-10-11-20-15(12-18)9-8-14-4-1-2-7-19(14)21(20)24/h3,5-7,10-14,23H,1-2,4,8-9,22H2. The molecule has 0 saturated heterocycles. The number of anilines is 3. The molecule has 1 unspecified atom stereocenters. The first-order chi connectivity index (χ1) is 11.7. The first kappa shape index (κ1) is 15.0. The molecule has 3 heteroatoms. The Labute approximate surface area is 142 Å². The highest BCUT2D eigenvalue weighted by Gasteiger charge is 2.28. The molecule has 24 heavy (non-hydrogen) atoms. The van der Waals surface area contributed by atoms with Crippen LogP contribution in [0.2, 0.25) is 0 Å². The molecule has 0 aliphatic heterocycles. The predicted octanol–water partition coefficient (Wildman–Crippen LogP) is 4.87. The Morgan fingerprint density at radius 3 is 2.79 bits per heavy atom. The average molecular weight is 318 g/mol. The first-order valence-electron chi connectivity index (χ1n) is 8.71. The molecule has 0 bridgehead atoms. The number of carbonyl (C=O) groups excluding carboxylic acids is 1. The van der Waals surface area contributed by atoms with Crippen molar-refractivity contribution in [2.24, 2.45) is 5.92 Å². The summed E-state index contributed by atoms with van der Waals surface area (Å²) in [5, 5.41) is 3.39. The third-order valence-electron chi connectivity index (χ3n) is 5.11. The highest BCUT2D eigenvalue weighted by Crippen LogP contribution is 2.36. The van der Waals surface area contributed by atoms with E-state index in [2.05, 4.69) is 17.5 Å². The fraction of sp³-hybridized carbons (Fsp3) is 0.286. The van der Waals surface area contributed by atoms with Gasteiger partial charge in [-0.15, -0.1) is 0 Å². The van der Waals surface area contributed by atoms with Gasteiger partial charge in [0, 0.05) is 22.6 Å². The monoisotopic (exact) mass is 318 g/mol. The zero-order chi connectivity index (χ0) is 16.5. The number of rotatable bonds is 2. The van der Waals surface area contributed by atoms with Crippen LogP contribution in [0.15, 0.2) is 54.1 Å². The van der Waals surface area contributed by atoms with E-state index in [0.717, 1.165) is 59.4 Å². The van der Waals surface area contributed by atoms with Gasteiger partial charge in [-0.05, 0) is 85.6 Å². The van der Waals surface area contributed by atoms with Crippen LogP contribution in [0.5, 0.6) is 0 Å². The van der Waals surface area contributed by atoms with Crippen LogP contribution in [-0.2, 0) is 6.42 Å². The van der Waals surface area contributed by atoms with E-state index in [1.165, 1.54) is 6.42 Å². The van der Waals surface area contributed by atoms with Gasteiger partial charge < -0.3 is 11.1 Å². The molecule has 0 fully saturated rings. The largest absolute Gasteiger partial charge is 0.399 e. The lowest BCUT2D eigenvalue weighted by molar-refractivity contribution is 0.102. The molecule has 0 radical (unpaired) electrons. The second kappa shape index (κ2) is 6.16. The summed E-state index contributed by atoms with van der Waals surface area (Å²) in [5.41, 5.74) is 11.6. The van der Waals surface area contributed by atoms with E-state index in [0.29, 0.717) is 5.92 Å². The fourth-order valence-electron chi connectivity index (χ4n) is 3.89. The van der Waals surface area contributed by atoms with E-state index in [1.54, 1.807) is 0 Å². The molecule has 2 aromatic carbocycles. The lowest BCUT2D eigenvalue weighted by Crippen LogP contribution is -2.14. The Bertz CT molecular complexity index is 822. The van der Waals surface area contributed by atoms with Gasteiger partial charge in [-0.1, -0.05) is 12.1 Å². The van der Waals surface area contributed by atoms with Gasteiger partial charge in [-0.2, -0.15) is 0 Å². The third kappa shape index (κ3) is 2.82. The zero-order valence-electron chi connectivity index (χ0n) is 13.7. The smallest absolute Gasteiger partial charge is 0.189 e. The predicted molar refractivity (Wildman–Crippen MR) is 98.7 cm³/mol. The van der Waals surface area contributed by atoms with Gasteiger partial charge in [0.25, 0.3) is 0 Å². The lowest BCUT2D eigenvalue weighted by Gasteiger charge is -2.20. The molecule has 0 amide bonds. The van der Waals surface area contributed by atoms with E-state index >= 15 is 0 Å². The number of nitrogens with one attached hydrogen (secondary N) is 1. The lowest BCUT2D eigenvalue weighted by atomic mass is 9.83. The maximum Gasteiger partial charge on any atom is 0.189 e. The molecular formula is C21H22N2O. The van der Waals surface area contributed by atoms with Crippen molar-refractivity contribution in [1.29, 1.82) is 0 Å². The molecule has 2 aliphatic carbocycles. The number of carbonyl (C=O) groups is 1. The zero-order valence-corrected chi connectivity index (χ0v) is 13.7. The number of hydrogen-bond acceptors (Lipinski definition) is 3. The van der Waals surface area contributed by atoms with Crippen molar-refractivity contribution in [3.63, 3.8) is 0 Å². The van der Waals surface area contributed by atoms with Crippen molar-refractivity contribution in [3.05, 3.63) is 65.2 Å². The minimum atomic E-state index is 0.239. The van der Waals surface area contributed by atoms with Gasteiger partial charge in [-0.25, -0.2) is 0 Å². The molecule has 4 rings (SSSR count). The number of ketones is 1. The molecular weight excluding hydrogens is 296 g/mol. The van der Waals surface area contributed by atoms with Crippen LogP contribution in [0.1, 0.15) is 41.6 Å². The minimum absolute atomic E-state index is 0.239. The first-order valence-corrected chi connectivity index (χ1v) is 8.71. The van der Waals surface area contributed by atoms with Crippen LogP contribution in [-0.4, -0.2) is 5.78 Å². The van der Waals surface area contributed by atoms with E-state index in [1.807, 2.05) is 36.4 Å². The number of hydrogen-bond donors (Lipinski definition) is 2. The summed E-state index contributed by atoms with van der Waals surface area (Å²) < 4.78 is 0. The summed E-state index contributed by atoms with van der Waals surface area (Å²) in [6.07, 6.45) is 7.62. The normalized spacial score (nSPS) is 19.8. The highest BCUT2D eigenvalue weighted by molar-refractivity contribution is 6.10. The third-order valence-corrected chi connectivity index (χ3v) is 5.11. The van der Waals surface area contributed by atoms with Crippen LogP contribution >= 0.6 is 0 Å². The molecule has 2 aliphatic rings. The van der Waals surface area contributed by atoms with Crippen molar-refractivity contribution in [2.75, 3.05) is 11.1 Å². The van der Waals surface area contributed by atoms with E-state index in [4.69, 9.17) is 5.73 Å². The number of allylic oxidation sites excluding steroid dienone is 2. The SMILES string of the molecule is Nc1cccc(Nc2ccc3c(c2)CCC2CCCC=C2C3=O)c1. The van der Waals surface area contributed by atoms with Gasteiger partial charge in [-0.3, -0.25) is 4.79 Å². The number of benzene rings is 2. The van der Waals surface area contributed by atoms with Crippen molar-refractivity contribution in [2.45, 2.75) is 32.1 Å². The van der Waals surface area contributed by atoms with Gasteiger partial charge in [0.1, 0.15) is 0 Å². The number of fused-ring (bicyclic) bond motifs is 2. The van der Waals surface area contributed by atoms with Gasteiger partial charge in [0.2, 0.25) is 0 Å². The van der Waals surface area contributed by atoms with Crippen LogP contribution in [0.3, 0.4) is 0 Å². The summed E-state index contributed by atoms with van der Waals surface area (Å²) in [4.78, 5) is 12.9. The number of aryl methyl sites for hydroxylation is 1. The van der Waals surface area contributed by atoms with Crippen LogP contribution in [0.25, 0.3) is 0 Å². The summed E-state index contributed by atoms with van der Waals surface area (Å²) in [5.74, 6) is 0.687. The number of nitrogens with two attached hydrogens (primary N) is 1. The van der Waals surface area contributed by atoms with E-state index in [-0.39, 0.29) is 5.78 Å². The van der Waals surface area contributed by atoms with Crippen molar-refractivity contribution >= 4 is 22.8 Å². The summed E-state index contributed by atoms with van der Waals surface area (Å²) in [6.45, 7) is 0. The topological polar surface area (TPSA) is 55.1 Å². The summed E-state index contributed by atoms with van der Waals surface area (Å²) >= 11 is 0. The van der Waals surface area contributed by atoms with E-state index < -0.39 is 0 Å². The average Bonchev–Trinajstić information content (AvgIpc) is 2.73. The van der Waals surface area contributed by atoms with Crippen molar-refractivity contribution in [3.8, 4) is 0 Å². The highest BCUT2D eigenvalue weighted by atomic mass is 16.1. The molecule has 0 aromatic heterocycles. The maximum absolute atomic E-state index is 12.9. The quantitative estimate of drug-likeness (QED) is 0.777. The second-order valence-electron chi connectivity index (χ2n) is 6.78. The fourth-order valence-corrected chi connectivity index (χ4v) is 3.89. The van der Waals surface area contributed by atoms with E-state index in [9.17, 15) is 4.79 Å². The molecule has 0 spiro atoms. The van der Waals surface area contributed by atoms with Crippen molar-refractivity contribution in [1.82, 2.24) is 0 Å². The molecule has 0 heterocycles. The van der Waals surface area contributed by atoms with Gasteiger partial charge in [0.05, 0.1) is 0 Å². The number of nitrogen functional groups attached to an aromatic ring is 1. The minimum Gasteiger partial charge on any atom is -0.399 e. The Morgan fingerprint density at radius 1 is 1.04 bits per heavy atom. The number of Topliss-reactive ketones (excluding diaryl/α,β-unsaturated/α-hetero) is 1. The second-order valence-corrected chi connectivity index (χ2v) is 6.78. The van der Waals surface area contributed by atoms with Crippen LogP contribution in [0.4, 0.5) is 17.1 Å². The molecule has 3 nitrogen and oxygen atoms in total. The molecule has 2 aromatic rings. The Kier molecular flexibility index (Phi) is 3.85. The molecule has 3 N–H and O–H groups in total. The van der Waals surface area contributed by atoms with Gasteiger partial charge in [0.15, 0.2) is 5.78 Å². The molecule has 122 valence electrons. The van der Waals surface area contributed by atoms with Gasteiger partial charge >= 0.3 is 0 Å². The maximum atomic E-state index is 12.9. The molecule has 1 atom stereocenters. The Hall–Kier alpha value is -2.55. The molecule has 0 saturated carbocycles. The Balaban J connectivity index is 1.64. The van der Waals surface area contributed by atoms with Crippen molar-refractivity contribution < 1.29 is 4.79 Å². The summed E-state index contributed by atoms with van der Waals surface area (Å²) in [7, 11) is 0. The van der Waals surface area contributed by atoms with Crippen LogP contribution in [0, 0.1) is 5.92 Å².